The maximum Gasteiger partial charge on any atom is 0.249 e. The number of methoxy groups -OCH3 is 1. The molecule has 21 heavy (non-hydrogen) atoms. The number of benzene rings is 1. The summed E-state index contributed by atoms with van der Waals surface area (Å²) in [6, 6.07) is 4.34. The highest BCUT2D eigenvalue weighted by Crippen LogP contribution is 2.21. The van der Waals surface area contributed by atoms with Gasteiger partial charge in [-0.15, -0.1) is 0 Å². The molecule has 118 valence electrons. The number of nitrogens with one attached hydrogen (secondary N) is 1. The first-order chi connectivity index (χ1) is 9.85. The summed E-state index contributed by atoms with van der Waals surface area (Å²) in [7, 11) is 1.41. The van der Waals surface area contributed by atoms with Crippen LogP contribution in [0.2, 0.25) is 0 Å². The maximum absolute atomic E-state index is 13.7. The Labute approximate surface area is 125 Å². The second-order valence-electron chi connectivity index (χ2n) is 5.49. The number of ether oxygens (including phenoxy) is 2. The number of carbonyl (C=O) groups is 1. The van der Waals surface area contributed by atoms with Gasteiger partial charge in [0.15, 0.2) is 11.6 Å². The van der Waals surface area contributed by atoms with Gasteiger partial charge in [0.1, 0.15) is 6.10 Å². The van der Waals surface area contributed by atoms with E-state index in [1.54, 1.807) is 26.0 Å². The molecule has 0 heterocycles. The maximum atomic E-state index is 13.7. The molecule has 0 radical (unpaired) electrons. The topological polar surface area (TPSA) is 47.6 Å². The lowest BCUT2D eigenvalue weighted by Crippen LogP contribution is -2.36. The van der Waals surface area contributed by atoms with Gasteiger partial charge in [-0.3, -0.25) is 4.79 Å². The second-order valence-corrected chi connectivity index (χ2v) is 5.49. The van der Waals surface area contributed by atoms with Crippen LogP contribution in [0.25, 0.3) is 0 Å². The van der Waals surface area contributed by atoms with Gasteiger partial charge in [0.05, 0.1) is 13.2 Å². The van der Waals surface area contributed by atoms with E-state index in [1.807, 2.05) is 13.8 Å². The minimum atomic E-state index is -0.530. The van der Waals surface area contributed by atoms with Gasteiger partial charge in [-0.1, -0.05) is 19.9 Å². The molecule has 0 aromatic heterocycles. The normalized spacial score (nSPS) is 13.9. The number of rotatable bonds is 7. The van der Waals surface area contributed by atoms with Crippen LogP contribution in [0.3, 0.4) is 0 Å². The molecule has 0 unspecified atom stereocenters. The van der Waals surface area contributed by atoms with E-state index in [2.05, 4.69) is 5.32 Å². The summed E-state index contributed by atoms with van der Waals surface area (Å²) in [4.78, 5) is 12.0. The molecular weight excluding hydrogens is 273 g/mol. The number of amides is 1. The lowest BCUT2D eigenvalue weighted by atomic mass is 10.1. The van der Waals surface area contributed by atoms with E-state index in [4.69, 9.17) is 9.47 Å². The Kier molecular flexibility index (Phi) is 6.62. The number of halogens is 1. The fourth-order valence-corrected chi connectivity index (χ4v) is 1.78. The van der Waals surface area contributed by atoms with Crippen molar-refractivity contribution >= 4 is 5.91 Å². The first-order valence-corrected chi connectivity index (χ1v) is 7.10. The van der Waals surface area contributed by atoms with Crippen LogP contribution < -0.4 is 10.1 Å². The molecule has 0 aliphatic heterocycles. The Morgan fingerprint density at radius 3 is 2.48 bits per heavy atom. The number of hydrogen-bond acceptors (Lipinski definition) is 3. The Morgan fingerprint density at radius 2 is 1.95 bits per heavy atom. The van der Waals surface area contributed by atoms with Crippen LogP contribution >= 0.6 is 0 Å². The number of carbonyl (C=O) groups excluding carboxylic acids is 1. The zero-order chi connectivity index (χ0) is 16.0. The fourth-order valence-electron chi connectivity index (χ4n) is 1.78. The molecule has 0 bridgehead atoms. The first-order valence-electron chi connectivity index (χ1n) is 7.10. The first kappa shape index (κ1) is 17.4. The van der Waals surface area contributed by atoms with Crippen molar-refractivity contribution in [3.8, 4) is 5.75 Å². The standard InChI is InChI=1S/C16H24FNO3/c1-10(2)9-21-12(4)16(19)18-11(3)13-6-7-15(20-5)14(17)8-13/h6-8,10-12H,9H2,1-5H3,(H,18,19)/t11-,12+/m1/s1. The van der Waals surface area contributed by atoms with E-state index < -0.39 is 11.9 Å². The lowest BCUT2D eigenvalue weighted by molar-refractivity contribution is -0.133. The van der Waals surface area contributed by atoms with E-state index in [1.165, 1.54) is 13.2 Å². The molecule has 0 saturated heterocycles. The third kappa shape index (κ3) is 5.34. The smallest absolute Gasteiger partial charge is 0.249 e. The molecule has 0 spiro atoms. The minimum absolute atomic E-state index is 0.186. The van der Waals surface area contributed by atoms with Crippen LogP contribution in [-0.4, -0.2) is 25.7 Å². The average molecular weight is 297 g/mol. The van der Waals surface area contributed by atoms with E-state index >= 15 is 0 Å². The lowest BCUT2D eigenvalue weighted by Gasteiger charge is -2.19. The van der Waals surface area contributed by atoms with Crippen LogP contribution in [-0.2, 0) is 9.53 Å². The van der Waals surface area contributed by atoms with Crippen LogP contribution in [0.5, 0.6) is 5.75 Å². The van der Waals surface area contributed by atoms with Crippen LogP contribution in [0.1, 0.15) is 39.3 Å². The van der Waals surface area contributed by atoms with E-state index in [0.29, 0.717) is 18.1 Å². The molecule has 0 aliphatic rings. The van der Waals surface area contributed by atoms with E-state index in [9.17, 15) is 9.18 Å². The monoisotopic (exact) mass is 297 g/mol. The highest BCUT2D eigenvalue weighted by molar-refractivity contribution is 5.80. The molecule has 0 aliphatic carbocycles. The van der Waals surface area contributed by atoms with Crippen molar-refractivity contribution in [1.29, 1.82) is 0 Å². The van der Waals surface area contributed by atoms with Crippen LogP contribution in [0.15, 0.2) is 18.2 Å². The van der Waals surface area contributed by atoms with Crippen LogP contribution in [0.4, 0.5) is 4.39 Å². The van der Waals surface area contributed by atoms with Gasteiger partial charge >= 0.3 is 0 Å². The zero-order valence-corrected chi connectivity index (χ0v) is 13.3. The van der Waals surface area contributed by atoms with Gasteiger partial charge in [-0.25, -0.2) is 4.39 Å². The van der Waals surface area contributed by atoms with Gasteiger partial charge in [0.2, 0.25) is 5.91 Å². The summed E-state index contributed by atoms with van der Waals surface area (Å²) in [5.74, 6) is -0.0983. The predicted molar refractivity (Wildman–Crippen MR) is 79.8 cm³/mol. The quantitative estimate of drug-likeness (QED) is 0.841. The minimum Gasteiger partial charge on any atom is -0.494 e. The van der Waals surface area contributed by atoms with Gasteiger partial charge in [-0.2, -0.15) is 0 Å². The van der Waals surface area contributed by atoms with Crippen LogP contribution in [0, 0.1) is 11.7 Å². The third-order valence-electron chi connectivity index (χ3n) is 3.08. The van der Waals surface area contributed by atoms with Crippen molar-refractivity contribution in [1.82, 2.24) is 5.32 Å². The van der Waals surface area contributed by atoms with Crippen molar-refractivity contribution in [3.63, 3.8) is 0 Å². The molecule has 1 N–H and O–H groups in total. The van der Waals surface area contributed by atoms with Gasteiger partial charge < -0.3 is 14.8 Å². The molecule has 1 amide bonds. The van der Waals surface area contributed by atoms with E-state index in [0.717, 1.165) is 0 Å². The summed E-state index contributed by atoms with van der Waals surface area (Å²) in [6.45, 7) is 8.08. The summed E-state index contributed by atoms with van der Waals surface area (Å²) >= 11 is 0. The predicted octanol–water partition coefficient (Wildman–Crippen LogP) is 3.07. The summed E-state index contributed by atoms with van der Waals surface area (Å²) in [5, 5.41) is 2.81. The van der Waals surface area contributed by atoms with Crippen molar-refractivity contribution in [2.45, 2.75) is 39.8 Å². The third-order valence-corrected chi connectivity index (χ3v) is 3.08. The van der Waals surface area contributed by atoms with Crippen molar-refractivity contribution in [3.05, 3.63) is 29.6 Å². The van der Waals surface area contributed by atoms with Gasteiger partial charge in [-0.05, 0) is 37.5 Å². The van der Waals surface area contributed by atoms with Crippen molar-refractivity contribution in [2.24, 2.45) is 5.92 Å². The van der Waals surface area contributed by atoms with Gasteiger partial charge in [0, 0.05) is 6.61 Å². The molecule has 0 saturated carbocycles. The summed E-state index contributed by atoms with van der Waals surface area (Å²) in [5.41, 5.74) is 0.678. The Morgan fingerprint density at radius 1 is 1.29 bits per heavy atom. The molecule has 1 rings (SSSR count). The Hall–Kier alpha value is -1.62. The SMILES string of the molecule is COc1ccc([C@@H](C)NC(=O)[C@H](C)OCC(C)C)cc1F. The summed E-state index contributed by atoms with van der Waals surface area (Å²) in [6.07, 6.45) is -0.530. The summed E-state index contributed by atoms with van der Waals surface area (Å²) < 4.78 is 24.0. The molecule has 5 heteroatoms. The molecule has 1 aromatic rings. The molecule has 2 atom stereocenters. The molecule has 4 nitrogen and oxygen atoms in total. The van der Waals surface area contributed by atoms with Crippen molar-refractivity contribution in [2.75, 3.05) is 13.7 Å². The molecular formula is C16H24FNO3. The number of hydrogen-bond donors (Lipinski definition) is 1. The second kappa shape index (κ2) is 7.98. The van der Waals surface area contributed by atoms with Crippen molar-refractivity contribution < 1.29 is 18.7 Å². The Balaban J connectivity index is 2.61. The fraction of sp³-hybridized carbons (Fsp3) is 0.562. The Bertz CT molecular complexity index is 477. The highest BCUT2D eigenvalue weighted by Gasteiger charge is 2.18. The molecule has 1 aromatic carbocycles. The molecule has 0 fully saturated rings. The zero-order valence-electron chi connectivity index (χ0n) is 13.3. The largest absolute Gasteiger partial charge is 0.494 e. The highest BCUT2D eigenvalue weighted by atomic mass is 19.1. The van der Waals surface area contributed by atoms with Gasteiger partial charge in [0.25, 0.3) is 0 Å². The van der Waals surface area contributed by atoms with E-state index in [-0.39, 0.29) is 17.7 Å². The average Bonchev–Trinajstić information content (AvgIpc) is 2.44.